The van der Waals surface area contributed by atoms with Crippen molar-refractivity contribution in [1.29, 1.82) is 0 Å². The molecule has 0 heterocycles. The van der Waals surface area contributed by atoms with Crippen LogP contribution in [0.2, 0.25) is 0 Å². The molecule has 1 N–H and O–H groups in total. The van der Waals surface area contributed by atoms with Gasteiger partial charge >= 0.3 is 0 Å². The quantitative estimate of drug-likeness (QED) is 0.532. The molecule has 0 aromatic heterocycles. The molecule has 0 aliphatic rings. The van der Waals surface area contributed by atoms with Crippen LogP contribution in [-0.2, 0) is 4.84 Å². The summed E-state index contributed by atoms with van der Waals surface area (Å²) in [4.78, 5) is 18.5. The molecule has 3 heteroatoms. The van der Waals surface area contributed by atoms with E-state index in [9.17, 15) is 4.79 Å². The van der Waals surface area contributed by atoms with Crippen LogP contribution in [0.3, 0.4) is 0 Å². The largest absolute Gasteiger partial charge is 0.291 e. The maximum absolute atomic E-state index is 12.8. The predicted octanol–water partition coefficient (Wildman–Crippen LogP) is 4.65. The summed E-state index contributed by atoms with van der Waals surface area (Å²) < 4.78 is 0. The molecule has 0 saturated carbocycles. The van der Waals surface area contributed by atoms with Gasteiger partial charge in [-0.2, -0.15) is 0 Å². The summed E-state index contributed by atoms with van der Waals surface area (Å²) in [7, 11) is 0. The van der Waals surface area contributed by atoms with Crippen molar-refractivity contribution in [2.45, 2.75) is 6.10 Å². The standard InChI is InChI=1S/C20H17NO2/c22-19(16-10-4-1-5-11-16)20(17-12-6-2-7-13-17)23-21-18-14-8-3-9-15-18/h1-15,20-21H. The third-order valence-electron chi connectivity index (χ3n) is 3.47. The lowest BCUT2D eigenvalue weighted by Gasteiger charge is -2.18. The fourth-order valence-electron chi connectivity index (χ4n) is 2.29. The minimum absolute atomic E-state index is 0.0831. The molecular weight excluding hydrogens is 286 g/mol. The van der Waals surface area contributed by atoms with Crippen LogP contribution in [0.5, 0.6) is 0 Å². The van der Waals surface area contributed by atoms with E-state index < -0.39 is 6.10 Å². The van der Waals surface area contributed by atoms with Gasteiger partial charge in [-0.1, -0.05) is 78.9 Å². The van der Waals surface area contributed by atoms with Crippen LogP contribution in [0.25, 0.3) is 0 Å². The van der Waals surface area contributed by atoms with E-state index in [-0.39, 0.29) is 5.78 Å². The first-order valence-electron chi connectivity index (χ1n) is 7.45. The molecule has 0 radical (unpaired) electrons. The van der Waals surface area contributed by atoms with E-state index in [0.29, 0.717) is 5.56 Å². The summed E-state index contributed by atoms with van der Waals surface area (Å²) in [5, 5.41) is 0. The Bertz CT molecular complexity index is 742. The van der Waals surface area contributed by atoms with Gasteiger partial charge in [0.15, 0.2) is 11.9 Å². The van der Waals surface area contributed by atoms with Gasteiger partial charge in [-0.25, -0.2) is 0 Å². The number of benzene rings is 3. The van der Waals surface area contributed by atoms with Crippen LogP contribution < -0.4 is 5.48 Å². The van der Waals surface area contributed by atoms with E-state index in [1.165, 1.54) is 0 Å². The minimum atomic E-state index is -0.709. The summed E-state index contributed by atoms with van der Waals surface area (Å²) in [6.07, 6.45) is -0.709. The Hall–Kier alpha value is -2.91. The number of nitrogens with one attached hydrogen (secondary N) is 1. The van der Waals surface area contributed by atoms with Crippen LogP contribution in [0, 0.1) is 0 Å². The number of hydrogen-bond donors (Lipinski definition) is 1. The third-order valence-corrected chi connectivity index (χ3v) is 3.47. The zero-order valence-corrected chi connectivity index (χ0v) is 12.6. The zero-order chi connectivity index (χ0) is 15.9. The summed E-state index contributed by atoms with van der Waals surface area (Å²) in [6.45, 7) is 0. The number of carbonyl (C=O) groups excluding carboxylic acids is 1. The molecule has 114 valence electrons. The van der Waals surface area contributed by atoms with Crippen LogP contribution >= 0.6 is 0 Å². The van der Waals surface area contributed by atoms with Crippen molar-refractivity contribution in [1.82, 2.24) is 0 Å². The number of para-hydroxylation sites is 1. The van der Waals surface area contributed by atoms with Gasteiger partial charge in [0.25, 0.3) is 0 Å². The molecule has 3 rings (SSSR count). The number of rotatable bonds is 6. The van der Waals surface area contributed by atoms with Crippen LogP contribution in [0.15, 0.2) is 91.0 Å². The number of hydrogen-bond acceptors (Lipinski definition) is 3. The molecule has 1 unspecified atom stereocenters. The molecule has 1 atom stereocenters. The Morgan fingerprint density at radius 1 is 0.739 bits per heavy atom. The molecule has 23 heavy (non-hydrogen) atoms. The van der Waals surface area contributed by atoms with Crippen molar-refractivity contribution in [3.05, 3.63) is 102 Å². The molecular formula is C20H17NO2. The average Bonchev–Trinajstić information content (AvgIpc) is 2.64. The maximum atomic E-state index is 12.8. The van der Waals surface area contributed by atoms with E-state index >= 15 is 0 Å². The first kappa shape index (κ1) is 15.0. The third kappa shape index (κ3) is 3.84. The molecule has 3 nitrogen and oxygen atoms in total. The normalized spacial score (nSPS) is 11.7. The summed E-state index contributed by atoms with van der Waals surface area (Å²) in [6, 6.07) is 28.2. The minimum Gasteiger partial charge on any atom is -0.291 e. The van der Waals surface area contributed by atoms with Gasteiger partial charge in [0.05, 0.1) is 5.69 Å². The van der Waals surface area contributed by atoms with Crippen molar-refractivity contribution in [3.8, 4) is 0 Å². The lowest BCUT2D eigenvalue weighted by atomic mass is 10.00. The number of carbonyl (C=O) groups is 1. The highest BCUT2D eigenvalue weighted by molar-refractivity contribution is 6.00. The lowest BCUT2D eigenvalue weighted by Crippen LogP contribution is -2.19. The summed E-state index contributed by atoms with van der Waals surface area (Å²) in [5.74, 6) is -0.0831. The van der Waals surface area contributed by atoms with E-state index in [4.69, 9.17) is 4.84 Å². The van der Waals surface area contributed by atoms with E-state index in [2.05, 4.69) is 5.48 Å². The second-order valence-electron chi connectivity index (χ2n) is 5.11. The number of Topliss-reactive ketones (excluding diaryl/α,β-unsaturated/α-hetero) is 1. The van der Waals surface area contributed by atoms with E-state index in [1.807, 2.05) is 78.9 Å². The van der Waals surface area contributed by atoms with Crippen LogP contribution in [0.4, 0.5) is 5.69 Å². The predicted molar refractivity (Wildman–Crippen MR) is 91.1 cm³/mol. The van der Waals surface area contributed by atoms with Crippen molar-refractivity contribution in [2.24, 2.45) is 0 Å². The fraction of sp³-hybridized carbons (Fsp3) is 0.0500. The number of anilines is 1. The Morgan fingerprint density at radius 3 is 1.87 bits per heavy atom. The second kappa shape index (κ2) is 7.38. The lowest BCUT2D eigenvalue weighted by molar-refractivity contribution is 0.0595. The Balaban J connectivity index is 1.84. The van der Waals surface area contributed by atoms with Gasteiger partial charge in [0, 0.05) is 5.56 Å². The number of ketones is 1. The van der Waals surface area contributed by atoms with Gasteiger partial charge in [0.2, 0.25) is 0 Å². The maximum Gasteiger partial charge on any atom is 0.198 e. The molecule has 0 aliphatic carbocycles. The van der Waals surface area contributed by atoms with Crippen LogP contribution in [-0.4, -0.2) is 5.78 Å². The van der Waals surface area contributed by atoms with Crippen molar-refractivity contribution in [3.63, 3.8) is 0 Å². The highest BCUT2D eigenvalue weighted by atomic mass is 16.7. The first-order valence-corrected chi connectivity index (χ1v) is 7.45. The van der Waals surface area contributed by atoms with Gasteiger partial charge in [-0.15, -0.1) is 0 Å². The molecule has 3 aromatic carbocycles. The molecule has 0 fully saturated rings. The zero-order valence-electron chi connectivity index (χ0n) is 12.6. The van der Waals surface area contributed by atoms with Gasteiger partial charge in [-0.05, 0) is 17.7 Å². The SMILES string of the molecule is O=C(c1ccccc1)C(ONc1ccccc1)c1ccccc1. The molecule has 0 amide bonds. The van der Waals surface area contributed by atoms with E-state index in [1.54, 1.807) is 12.1 Å². The van der Waals surface area contributed by atoms with Crippen molar-refractivity contribution in [2.75, 3.05) is 5.48 Å². The Kier molecular flexibility index (Phi) is 4.82. The fourth-order valence-corrected chi connectivity index (χ4v) is 2.29. The Morgan fingerprint density at radius 2 is 1.26 bits per heavy atom. The molecule has 3 aromatic rings. The molecule has 0 aliphatic heterocycles. The smallest absolute Gasteiger partial charge is 0.198 e. The van der Waals surface area contributed by atoms with Gasteiger partial charge < -0.3 is 0 Å². The molecule has 0 saturated heterocycles. The second-order valence-corrected chi connectivity index (χ2v) is 5.11. The first-order chi connectivity index (χ1) is 11.3. The van der Waals surface area contributed by atoms with E-state index in [0.717, 1.165) is 11.3 Å². The summed E-state index contributed by atoms with van der Waals surface area (Å²) in [5.41, 5.74) is 5.10. The van der Waals surface area contributed by atoms with Crippen LogP contribution in [0.1, 0.15) is 22.0 Å². The van der Waals surface area contributed by atoms with Crippen molar-refractivity contribution < 1.29 is 9.63 Å². The Labute approximate surface area is 135 Å². The molecule has 0 spiro atoms. The molecule has 0 bridgehead atoms. The van der Waals surface area contributed by atoms with Crippen molar-refractivity contribution >= 4 is 11.5 Å². The average molecular weight is 303 g/mol. The highest BCUT2D eigenvalue weighted by Gasteiger charge is 2.23. The van der Waals surface area contributed by atoms with Gasteiger partial charge in [0.1, 0.15) is 0 Å². The highest BCUT2D eigenvalue weighted by Crippen LogP contribution is 2.23. The monoisotopic (exact) mass is 303 g/mol. The van der Waals surface area contributed by atoms with Gasteiger partial charge in [-0.3, -0.25) is 15.1 Å². The summed E-state index contributed by atoms with van der Waals surface area (Å²) >= 11 is 0. The topological polar surface area (TPSA) is 38.3 Å².